The number of hydrogen-bond acceptors (Lipinski definition) is 3. The molecule has 0 fully saturated rings. The molecular formula is C13H10Cl2N2OS. The van der Waals surface area contributed by atoms with E-state index in [0.717, 1.165) is 5.03 Å². The Morgan fingerprint density at radius 1 is 1.21 bits per heavy atom. The lowest BCUT2D eigenvalue weighted by atomic mass is 10.3. The number of thioether (sulfide) groups is 1. The number of carbonyl (C=O) groups excluding carboxylic acids is 1. The van der Waals surface area contributed by atoms with E-state index in [4.69, 9.17) is 23.2 Å². The number of benzene rings is 1. The standard InChI is InChI=1S/C13H10Cl2N2OS/c14-9-4-3-5-10(13(9)15)17-11(18)8-19-12-6-1-2-7-16-12/h1-7H,8H2,(H,17,18). The van der Waals surface area contributed by atoms with Crippen LogP contribution in [-0.2, 0) is 4.79 Å². The van der Waals surface area contributed by atoms with E-state index < -0.39 is 0 Å². The summed E-state index contributed by atoms with van der Waals surface area (Å²) in [6.07, 6.45) is 1.69. The van der Waals surface area contributed by atoms with Crippen LogP contribution in [0.5, 0.6) is 0 Å². The van der Waals surface area contributed by atoms with Crippen LogP contribution in [-0.4, -0.2) is 16.6 Å². The van der Waals surface area contributed by atoms with Gasteiger partial charge in [0, 0.05) is 6.20 Å². The minimum atomic E-state index is -0.153. The fourth-order valence-electron chi connectivity index (χ4n) is 1.36. The van der Waals surface area contributed by atoms with Crippen LogP contribution in [0.3, 0.4) is 0 Å². The minimum Gasteiger partial charge on any atom is -0.324 e. The Bertz CT molecular complexity index is 578. The Morgan fingerprint density at radius 3 is 2.79 bits per heavy atom. The van der Waals surface area contributed by atoms with Crippen molar-refractivity contribution in [1.82, 2.24) is 4.98 Å². The second kappa shape index (κ2) is 6.80. The summed E-state index contributed by atoms with van der Waals surface area (Å²) in [4.78, 5) is 15.9. The number of anilines is 1. The molecule has 0 unspecified atom stereocenters. The summed E-state index contributed by atoms with van der Waals surface area (Å²) in [6.45, 7) is 0. The van der Waals surface area contributed by atoms with Crippen LogP contribution >= 0.6 is 35.0 Å². The molecule has 0 bridgehead atoms. The summed E-state index contributed by atoms with van der Waals surface area (Å²) in [6, 6.07) is 10.7. The number of nitrogens with zero attached hydrogens (tertiary/aromatic N) is 1. The lowest BCUT2D eigenvalue weighted by Gasteiger charge is -2.07. The highest BCUT2D eigenvalue weighted by molar-refractivity contribution is 7.99. The molecule has 1 amide bonds. The van der Waals surface area contributed by atoms with Crippen LogP contribution in [0.25, 0.3) is 0 Å². The predicted molar refractivity (Wildman–Crippen MR) is 80.1 cm³/mol. The third kappa shape index (κ3) is 4.13. The fourth-order valence-corrected chi connectivity index (χ4v) is 2.37. The van der Waals surface area contributed by atoms with E-state index in [1.54, 1.807) is 24.4 Å². The molecule has 98 valence electrons. The van der Waals surface area contributed by atoms with Gasteiger partial charge in [0.25, 0.3) is 0 Å². The zero-order chi connectivity index (χ0) is 13.7. The highest BCUT2D eigenvalue weighted by Crippen LogP contribution is 2.29. The summed E-state index contributed by atoms with van der Waals surface area (Å²) < 4.78 is 0. The Balaban J connectivity index is 1.93. The SMILES string of the molecule is O=C(CSc1ccccn1)Nc1cccc(Cl)c1Cl. The van der Waals surface area contributed by atoms with Gasteiger partial charge in [0.15, 0.2) is 0 Å². The number of pyridine rings is 1. The van der Waals surface area contributed by atoms with E-state index in [2.05, 4.69) is 10.3 Å². The molecule has 0 aliphatic rings. The molecule has 1 aromatic carbocycles. The zero-order valence-corrected chi connectivity index (χ0v) is 12.1. The Kier molecular flexibility index (Phi) is 5.07. The lowest BCUT2D eigenvalue weighted by molar-refractivity contribution is -0.113. The molecule has 2 aromatic rings. The molecule has 6 heteroatoms. The van der Waals surface area contributed by atoms with Crippen LogP contribution < -0.4 is 5.32 Å². The number of amides is 1. The van der Waals surface area contributed by atoms with Crippen molar-refractivity contribution in [1.29, 1.82) is 0 Å². The predicted octanol–water partition coefficient (Wildman–Crippen LogP) is 4.12. The van der Waals surface area contributed by atoms with Crippen molar-refractivity contribution < 1.29 is 4.79 Å². The fraction of sp³-hybridized carbons (Fsp3) is 0.0769. The van der Waals surface area contributed by atoms with Gasteiger partial charge in [-0.25, -0.2) is 4.98 Å². The maximum atomic E-state index is 11.8. The van der Waals surface area contributed by atoms with E-state index in [1.807, 2.05) is 18.2 Å². The van der Waals surface area contributed by atoms with Crippen molar-refractivity contribution in [2.75, 3.05) is 11.1 Å². The first-order valence-electron chi connectivity index (χ1n) is 5.44. The lowest BCUT2D eigenvalue weighted by Crippen LogP contribution is -2.14. The van der Waals surface area contributed by atoms with Crippen LogP contribution in [0, 0.1) is 0 Å². The molecule has 0 saturated carbocycles. The molecule has 19 heavy (non-hydrogen) atoms. The second-order valence-electron chi connectivity index (χ2n) is 3.61. The molecule has 0 saturated heterocycles. The summed E-state index contributed by atoms with van der Waals surface area (Å²) in [5, 5.41) is 4.28. The van der Waals surface area contributed by atoms with Crippen molar-refractivity contribution in [2.24, 2.45) is 0 Å². The smallest absolute Gasteiger partial charge is 0.234 e. The summed E-state index contributed by atoms with van der Waals surface area (Å²) in [5.41, 5.74) is 0.515. The topological polar surface area (TPSA) is 42.0 Å². The van der Waals surface area contributed by atoms with Gasteiger partial charge in [-0.15, -0.1) is 0 Å². The van der Waals surface area contributed by atoms with Gasteiger partial charge >= 0.3 is 0 Å². The van der Waals surface area contributed by atoms with Crippen LogP contribution in [0.2, 0.25) is 10.0 Å². The first-order chi connectivity index (χ1) is 9.16. The molecule has 0 atom stereocenters. The van der Waals surface area contributed by atoms with Gasteiger partial charge < -0.3 is 5.32 Å². The Labute approximate surface area is 125 Å². The summed E-state index contributed by atoms with van der Waals surface area (Å²) >= 11 is 13.2. The van der Waals surface area contributed by atoms with Gasteiger partial charge in [-0.2, -0.15) is 0 Å². The number of hydrogen-bond donors (Lipinski definition) is 1. The molecule has 0 spiro atoms. The number of carbonyl (C=O) groups is 1. The van der Waals surface area contributed by atoms with Gasteiger partial charge in [-0.1, -0.05) is 47.1 Å². The van der Waals surface area contributed by atoms with E-state index in [9.17, 15) is 4.79 Å². The maximum Gasteiger partial charge on any atom is 0.234 e. The normalized spacial score (nSPS) is 10.2. The van der Waals surface area contributed by atoms with Crippen molar-refractivity contribution >= 4 is 46.6 Å². The number of rotatable bonds is 4. The van der Waals surface area contributed by atoms with Gasteiger partial charge in [0.1, 0.15) is 0 Å². The first kappa shape index (κ1) is 14.2. The molecule has 1 heterocycles. The molecule has 2 rings (SSSR count). The van der Waals surface area contributed by atoms with Crippen LogP contribution in [0.1, 0.15) is 0 Å². The average Bonchev–Trinajstić information content (AvgIpc) is 2.43. The largest absolute Gasteiger partial charge is 0.324 e. The van der Waals surface area contributed by atoms with Crippen molar-refractivity contribution in [2.45, 2.75) is 5.03 Å². The quantitative estimate of drug-likeness (QED) is 0.863. The number of halogens is 2. The van der Waals surface area contributed by atoms with Crippen molar-refractivity contribution in [3.8, 4) is 0 Å². The van der Waals surface area contributed by atoms with Crippen molar-refractivity contribution in [3.63, 3.8) is 0 Å². The highest BCUT2D eigenvalue weighted by Gasteiger charge is 2.08. The maximum absolute atomic E-state index is 11.8. The first-order valence-corrected chi connectivity index (χ1v) is 7.18. The van der Waals surface area contributed by atoms with E-state index in [1.165, 1.54) is 11.8 Å². The minimum absolute atomic E-state index is 0.153. The van der Waals surface area contributed by atoms with Gasteiger partial charge in [0.2, 0.25) is 5.91 Å². The molecule has 3 nitrogen and oxygen atoms in total. The molecule has 0 aliphatic carbocycles. The molecule has 0 aliphatic heterocycles. The second-order valence-corrected chi connectivity index (χ2v) is 5.39. The van der Waals surface area contributed by atoms with E-state index >= 15 is 0 Å². The highest BCUT2D eigenvalue weighted by atomic mass is 35.5. The zero-order valence-electron chi connectivity index (χ0n) is 9.77. The third-order valence-corrected chi connectivity index (χ3v) is 3.98. The summed E-state index contributed by atoms with van der Waals surface area (Å²) in [5.74, 6) is 0.111. The van der Waals surface area contributed by atoms with Gasteiger partial charge in [-0.05, 0) is 24.3 Å². The van der Waals surface area contributed by atoms with Crippen LogP contribution in [0.15, 0.2) is 47.6 Å². The number of aromatic nitrogens is 1. The number of nitrogens with one attached hydrogen (secondary N) is 1. The van der Waals surface area contributed by atoms with Crippen LogP contribution in [0.4, 0.5) is 5.69 Å². The average molecular weight is 313 g/mol. The monoisotopic (exact) mass is 312 g/mol. The van der Waals surface area contributed by atoms with E-state index in [0.29, 0.717) is 15.7 Å². The van der Waals surface area contributed by atoms with E-state index in [-0.39, 0.29) is 11.7 Å². The molecular weight excluding hydrogens is 303 g/mol. The Hall–Kier alpha value is -1.23. The van der Waals surface area contributed by atoms with Gasteiger partial charge in [-0.3, -0.25) is 4.79 Å². The Morgan fingerprint density at radius 2 is 2.05 bits per heavy atom. The third-order valence-electron chi connectivity index (χ3n) is 2.21. The van der Waals surface area contributed by atoms with Gasteiger partial charge in [0.05, 0.1) is 26.5 Å². The summed E-state index contributed by atoms with van der Waals surface area (Å²) in [7, 11) is 0. The molecule has 1 aromatic heterocycles. The molecule has 0 radical (unpaired) electrons. The van der Waals surface area contributed by atoms with Crippen molar-refractivity contribution in [3.05, 3.63) is 52.6 Å². The molecule has 1 N–H and O–H groups in total.